The van der Waals surface area contributed by atoms with Crippen molar-refractivity contribution in [1.82, 2.24) is 0 Å². The van der Waals surface area contributed by atoms with E-state index in [0.29, 0.717) is 6.61 Å². The quantitative estimate of drug-likeness (QED) is 0.0762. The van der Waals surface area contributed by atoms with Crippen molar-refractivity contribution in [3.8, 4) is 0 Å². The summed E-state index contributed by atoms with van der Waals surface area (Å²) >= 11 is 0. The number of carbonyl (C=O) groups is 1. The molecule has 0 radical (unpaired) electrons. The molecule has 0 aliphatic rings. The average Bonchev–Trinajstić information content (AvgIpc) is 2.85. The second-order valence-electron chi connectivity index (χ2n) is 9.79. The van der Waals surface area contributed by atoms with Gasteiger partial charge < -0.3 is 9.90 Å². The van der Waals surface area contributed by atoms with Crippen molar-refractivity contribution in [2.24, 2.45) is 0 Å². The summed E-state index contributed by atoms with van der Waals surface area (Å²) in [5.41, 5.74) is 0. The van der Waals surface area contributed by atoms with E-state index < -0.39 is 0 Å². The molecule has 2 heteroatoms. The highest BCUT2D eigenvalue weighted by molar-refractivity contribution is 5.48. The molecule has 0 fully saturated rings. The van der Waals surface area contributed by atoms with E-state index in [1.54, 1.807) is 0 Å². The first kappa shape index (κ1) is 35.3. The number of rotatable bonds is 26. The SMILES string of the molecule is CCCCCC/C=C\CCCCCCCC=O.CCCCCC/C=C\CCCCCCCCO. The average molecular weight is 479 g/mol. The van der Waals surface area contributed by atoms with E-state index in [9.17, 15) is 4.79 Å². The summed E-state index contributed by atoms with van der Waals surface area (Å²) in [5, 5.41) is 8.63. The lowest BCUT2D eigenvalue weighted by atomic mass is 10.1. The Hall–Kier alpha value is -0.890. The summed E-state index contributed by atoms with van der Waals surface area (Å²) < 4.78 is 0. The number of unbranched alkanes of at least 4 members (excludes halogenated alkanes) is 20. The zero-order chi connectivity index (χ0) is 25.2. The Kier molecular flexibility index (Phi) is 38.0. The molecule has 34 heavy (non-hydrogen) atoms. The number of hydrogen-bond donors (Lipinski definition) is 1. The highest BCUT2D eigenvalue weighted by atomic mass is 16.2. The van der Waals surface area contributed by atoms with Gasteiger partial charge in [0.25, 0.3) is 0 Å². The van der Waals surface area contributed by atoms with Gasteiger partial charge in [-0.05, 0) is 64.2 Å². The normalized spacial score (nSPS) is 11.3. The largest absolute Gasteiger partial charge is 0.396 e. The van der Waals surface area contributed by atoms with Gasteiger partial charge in [0.15, 0.2) is 0 Å². The molecule has 0 aliphatic heterocycles. The molecule has 0 rings (SSSR count). The van der Waals surface area contributed by atoms with Crippen molar-refractivity contribution in [3.63, 3.8) is 0 Å². The topological polar surface area (TPSA) is 37.3 Å². The first-order valence-electron chi connectivity index (χ1n) is 15.2. The molecule has 1 N–H and O–H groups in total. The molecule has 202 valence electrons. The molecule has 0 aromatic carbocycles. The molecule has 0 aromatic rings. The molecule has 0 unspecified atom stereocenters. The van der Waals surface area contributed by atoms with Crippen LogP contribution < -0.4 is 0 Å². The molecule has 0 saturated heterocycles. The van der Waals surface area contributed by atoms with Crippen LogP contribution in [0.1, 0.15) is 168 Å². The zero-order valence-electron chi connectivity index (χ0n) is 23.4. The van der Waals surface area contributed by atoms with E-state index in [2.05, 4.69) is 38.2 Å². The summed E-state index contributed by atoms with van der Waals surface area (Å²) in [4.78, 5) is 10.1. The minimum Gasteiger partial charge on any atom is -0.396 e. The van der Waals surface area contributed by atoms with E-state index in [4.69, 9.17) is 5.11 Å². The first-order chi connectivity index (χ1) is 16.8. The summed E-state index contributed by atoms with van der Waals surface area (Å²) in [6.45, 7) is 4.88. The van der Waals surface area contributed by atoms with Crippen molar-refractivity contribution in [3.05, 3.63) is 24.3 Å². The standard InChI is InChI=1S/C16H32O.C16H30O/c2*1-2-3-4-5-6-7-8-9-10-11-12-13-14-15-16-17/h7-8,17H,2-6,9-16H2,1H3;7-8,16H,2-6,9-15H2,1H3/b2*8-7-. The van der Waals surface area contributed by atoms with E-state index in [-0.39, 0.29) is 0 Å². The summed E-state index contributed by atoms with van der Waals surface area (Å²) in [6.07, 6.45) is 40.9. The van der Waals surface area contributed by atoms with Gasteiger partial charge in [0, 0.05) is 13.0 Å². The second-order valence-corrected chi connectivity index (χ2v) is 9.79. The lowest BCUT2D eigenvalue weighted by molar-refractivity contribution is -0.107. The second kappa shape index (κ2) is 36.7. The molecule has 0 spiro atoms. The van der Waals surface area contributed by atoms with Gasteiger partial charge in [-0.1, -0.05) is 122 Å². The number of carbonyl (C=O) groups excluding carboxylic acids is 1. The highest BCUT2D eigenvalue weighted by Crippen LogP contribution is 2.09. The summed E-state index contributed by atoms with van der Waals surface area (Å²) in [7, 11) is 0. The van der Waals surface area contributed by atoms with Crippen LogP contribution in [0.25, 0.3) is 0 Å². The summed E-state index contributed by atoms with van der Waals surface area (Å²) in [6, 6.07) is 0. The molecule has 0 atom stereocenters. The van der Waals surface area contributed by atoms with Gasteiger partial charge in [-0.3, -0.25) is 0 Å². The monoisotopic (exact) mass is 478 g/mol. The number of aliphatic hydroxyl groups is 1. The molecule has 0 saturated carbocycles. The van der Waals surface area contributed by atoms with Crippen LogP contribution in [0.3, 0.4) is 0 Å². The predicted molar refractivity (Wildman–Crippen MR) is 154 cm³/mol. The number of allylic oxidation sites excluding steroid dienone is 4. The Morgan fingerprint density at radius 1 is 0.412 bits per heavy atom. The van der Waals surface area contributed by atoms with Gasteiger partial charge in [-0.25, -0.2) is 0 Å². The van der Waals surface area contributed by atoms with Crippen LogP contribution in [-0.2, 0) is 4.79 Å². The molecule has 0 aliphatic carbocycles. The fourth-order valence-electron chi connectivity index (χ4n) is 3.95. The van der Waals surface area contributed by atoms with E-state index in [1.165, 1.54) is 135 Å². The molecular formula is C32H62O2. The molecule has 0 amide bonds. The van der Waals surface area contributed by atoms with Gasteiger partial charge in [0.1, 0.15) is 6.29 Å². The van der Waals surface area contributed by atoms with Crippen LogP contribution >= 0.6 is 0 Å². The third-order valence-electron chi connectivity index (χ3n) is 6.25. The Bertz CT molecular complexity index is 400. The van der Waals surface area contributed by atoms with Gasteiger partial charge in [-0.15, -0.1) is 0 Å². The van der Waals surface area contributed by atoms with Gasteiger partial charge in [0.2, 0.25) is 0 Å². The van der Waals surface area contributed by atoms with E-state index in [0.717, 1.165) is 25.5 Å². The van der Waals surface area contributed by atoms with Crippen LogP contribution in [0, 0.1) is 0 Å². The Morgan fingerprint density at radius 2 is 0.706 bits per heavy atom. The number of aliphatic hydroxyl groups excluding tert-OH is 1. The lowest BCUT2D eigenvalue weighted by Crippen LogP contribution is -1.83. The van der Waals surface area contributed by atoms with Crippen LogP contribution in [0.4, 0.5) is 0 Å². The molecule has 0 heterocycles. The minimum atomic E-state index is 0.362. The lowest BCUT2D eigenvalue weighted by Gasteiger charge is -1.98. The minimum absolute atomic E-state index is 0.362. The fraction of sp³-hybridized carbons (Fsp3) is 0.844. The maximum absolute atomic E-state index is 10.1. The van der Waals surface area contributed by atoms with Crippen molar-refractivity contribution >= 4 is 6.29 Å². The van der Waals surface area contributed by atoms with Crippen LogP contribution in [-0.4, -0.2) is 18.0 Å². The van der Waals surface area contributed by atoms with Gasteiger partial charge in [-0.2, -0.15) is 0 Å². The van der Waals surface area contributed by atoms with Crippen molar-refractivity contribution in [2.45, 2.75) is 168 Å². The van der Waals surface area contributed by atoms with E-state index >= 15 is 0 Å². The van der Waals surface area contributed by atoms with Crippen molar-refractivity contribution in [2.75, 3.05) is 6.61 Å². The zero-order valence-corrected chi connectivity index (χ0v) is 23.4. The van der Waals surface area contributed by atoms with Gasteiger partial charge >= 0.3 is 0 Å². The molecular weight excluding hydrogens is 416 g/mol. The molecule has 2 nitrogen and oxygen atoms in total. The first-order valence-corrected chi connectivity index (χ1v) is 15.2. The van der Waals surface area contributed by atoms with Gasteiger partial charge in [0.05, 0.1) is 0 Å². The maximum atomic E-state index is 10.1. The fourth-order valence-corrected chi connectivity index (χ4v) is 3.95. The molecule has 0 aromatic heterocycles. The Labute approximate surface area is 215 Å². The smallest absolute Gasteiger partial charge is 0.119 e. The highest BCUT2D eigenvalue weighted by Gasteiger charge is 1.91. The van der Waals surface area contributed by atoms with Crippen molar-refractivity contribution < 1.29 is 9.90 Å². The predicted octanol–water partition coefficient (Wildman–Crippen LogP) is 10.7. The Balaban J connectivity index is 0. The summed E-state index contributed by atoms with van der Waals surface area (Å²) in [5.74, 6) is 0. The third kappa shape index (κ3) is 38.4. The maximum Gasteiger partial charge on any atom is 0.119 e. The van der Waals surface area contributed by atoms with Crippen LogP contribution in [0.15, 0.2) is 24.3 Å². The van der Waals surface area contributed by atoms with E-state index in [1.807, 2.05) is 0 Å². The van der Waals surface area contributed by atoms with Crippen molar-refractivity contribution in [1.29, 1.82) is 0 Å². The number of aldehydes is 1. The molecule has 0 bridgehead atoms. The van der Waals surface area contributed by atoms with Crippen LogP contribution in [0.2, 0.25) is 0 Å². The Morgan fingerprint density at radius 3 is 1.03 bits per heavy atom. The number of hydrogen-bond acceptors (Lipinski definition) is 2. The third-order valence-corrected chi connectivity index (χ3v) is 6.25. The van der Waals surface area contributed by atoms with Crippen LogP contribution in [0.5, 0.6) is 0 Å².